The number of carbonyl (C=O) groups excluding carboxylic acids is 1. The number of hydrogen-bond donors (Lipinski definition) is 1. The molecular formula is C16H20BrClN2O. The number of fused-ring (bicyclic) bond motifs is 1. The number of rotatable bonds is 3. The molecule has 3 nitrogen and oxygen atoms in total. The molecule has 21 heavy (non-hydrogen) atoms. The van der Waals surface area contributed by atoms with Crippen molar-refractivity contribution in [1.82, 2.24) is 4.90 Å². The van der Waals surface area contributed by atoms with E-state index in [-0.39, 0.29) is 11.9 Å². The van der Waals surface area contributed by atoms with Crippen LogP contribution in [0.25, 0.3) is 0 Å². The molecule has 0 bridgehead atoms. The first-order chi connectivity index (χ1) is 10.0. The Hall–Kier alpha value is -0.580. The molecule has 114 valence electrons. The zero-order chi connectivity index (χ0) is 15.0. The van der Waals surface area contributed by atoms with E-state index in [0.29, 0.717) is 23.3 Å². The van der Waals surface area contributed by atoms with Gasteiger partial charge in [-0.05, 0) is 54.9 Å². The molecule has 3 rings (SSSR count). The zero-order valence-corrected chi connectivity index (χ0v) is 14.2. The summed E-state index contributed by atoms with van der Waals surface area (Å²) in [5.41, 5.74) is 7.21. The summed E-state index contributed by atoms with van der Waals surface area (Å²) in [6, 6.07) is 5.99. The van der Waals surface area contributed by atoms with Crippen LogP contribution in [0.15, 0.2) is 22.7 Å². The van der Waals surface area contributed by atoms with Crippen LogP contribution in [0.5, 0.6) is 0 Å². The maximum Gasteiger partial charge on any atom is 0.222 e. The highest BCUT2D eigenvalue weighted by Gasteiger charge is 2.42. The first-order valence-electron chi connectivity index (χ1n) is 7.52. The van der Waals surface area contributed by atoms with Gasteiger partial charge in [0.25, 0.3) is 0 Å². The molecule has 1 amide bonds. The molecule has 1 saturated heterocycles. The smallest absolute Gasteiger partial charge is 0.222 e. The van der Waals surface area contributed by atoms with Crippen LogP contribution in [0, 0.1) is 11.8 Å². The molecule has 0 spiro atoms. The van der Waals surface area contributed by atoms with E-state index in [1.807, 2.05) is 23.1 Å². The molecule has 1 saturated carbocycles. The second-order valence-electron chi connectivity index (χ2n) is 6.20. The van der Waals surface area contributed by atoms with E-state index < -0.39 is 0 Å². The molecule has 1 aromatic rings. The number of hydrogen-bond acceptors (Lipinski definition) is 2. The highest BCUT2D eigenvalue weighted by atomic mass is 79.9. The van der Waals surface area contributed by atoms with Crippen LogP contribution < -0.4 is 5.73 Å². The maximum absolute atomic E-state index is 12.4. The van der Waals surface area contributed by atoms with Crippen molar-refractivity contribution in [1.29, 1.82) is 0 Å². The minimum absolute atomic E-state index is 0.239. The fraction of sp³-hybridized carbons (Fsp3) is 0.562. The van der Waals surface area contributed by atoms with Gasteiger partial charge in [-0.15, -0.1) is 0 Å². The van der Waals surface area contributed by atoms with Crippen LogP contribution in [-0.2, 0) is 11.2 Å². The summed E-state index contributed by atoms with van der Waals surface area (Å²) in [6.07, 6.45) is 3.55. The Morgan fingerprint density at radius 2 is 2.19 bits per heavy atom. The molecule has 1 aromatic carbocycles. The molecule has 3 atom stereocenters. The van der Waals surface area contributed by atoms with Crippen molar-refractivity contribution >= 4 is 33.4 Å². The van der Waals surface area contributed by atoms with Crippen molar-refractivity contribution in [2.75, 3.05) is 13.1 Å². The quantitative estimate of drug-likeness (QED) is 0.886. The lowest BCUT2D eigenvalue weighted by molar-refractivity contribution is -0.130. The summed E-state index contributed by atoms with van der Waals surface area (Å²) in [5, 5.41) is 0.710. The highest BCUT2D eigenvalue weighted by molar-refractivity contribution is 9.10. The van der Waals surface area contributed by atoms with Gasteiger partial charge < -0.3 is 10.6 Å². The number of nitrogens with zero attached hydrogens (tertiary/aromatic N) is 1. The third-order valence-electron chi connectivity index (χ3n) is 4.88. The Balaban J connectivity index is 1.57. The maximum atomic E-state index is 12.4. The van der Waals surface area contributed by atoms with Crippen LogP contribution in [0.3, 0.4) is 0 Å². The zero-order valence-electron chi connectivity index (χ0n) is 11.9. The fourth-order valence-electron chi connectivity index (χ4n) is 3.65. The second-order valence-corrected chi connectivity index (χ2v) is 7.49. The molecular weight excluding hydrogens is 352 g/mol. The van der Waals surface area contributed by atoms with Crippen LogP contribution in [0.1, 0.15) is 24.8 Å². The molecule has 2 aliphatic rings. The van der Waals surface area contributed by atoms with E-state index in [4.69, 9.17) is 17.3 Å². The fourth-order valence-corrected chi connectivity index (χ4v) is 4.29. The van der Waals surface area contributed by atoms with E-state index in [1.54, 1.807) is 0 Å². The molecule has 1 heterocycles. The van der Waals surface area contributed by atoms with E-state index >= 15 is 0 Å². The number of likely N-dealkylation sites (tertiary alicyclic amines) is 1. The summed E-state index contributed by atoms with van der Waals surface area (Å²) in [7, 11) is 0. The predicted octanol–water partition coefficient (Wildman–Crippen LogP) is 3.23. The number of halogens is 2. The first kappa shape index (κ1) is 15.3. The molecule has 5 heteroatoms. The molecule has 2 fully saturated rings. The normalized spacial score (nSPS) is 28.0. The van der Waals surface area contributed by atoms with Gasteiger partial charge in [-0.25, -0.2) is 0 Å². The minimum atomic E-state index is 0.239. The molecule has 0 radical (unpaired) electrons. The van der Waals surface area contributed by atoms with Gasteiger partial charge in [0.1, 0.15) is 0 Å². The average molecular weight is 372 g/mol. The van der Waals surface area contributed by atoms with Crippen LogP contribution in [0.2, 0.25) is 5.02 Å². The van der Waals surface area contributed by atoms with Crippen molar-refractivity contribution < 1.29 is 4.79 Å². The Kier molecular flexibility index (Phi) is 4.57. The molecule has 3 unspecified atom stereocenters. The lowest BCUT2D eigenvalue weighted by Gasteiger charge is -2.19. The van der Waals surface area contributed by atoms with Gasteiger partial charge in [-0.3, -0.25) is 4.79 Å². The standard InChI is InChI=1S/C16H20BrClN2O/c17-14-4-3-12(18)7-10(14)2-6-16(21)20-8-11-1-5-15(19)13(11)9-20/h3-4,7,11,13,15H,1-2,5-6,8-9,19H2. The average Bonchev–Trinajstić information content (AvgIpc) is 3.02. The molecule has 0 aromatic heterocycles. The van der Waals surface area contributed by atoms with Crippen LogP contribution in [-0.4, -0.2) is 29.9 Å². The van der Waals surface area contributed by atoms with Gasteiger partial charge in [0, 0.05) is 35.0 Å². The lowest BCUT2D eigenvalue weighted by Crippen LogP contribution is -2.33. The number of benzene rings is 1. The lowest BCUT2D eigenvalue weighted by atomic mass is 9.98. The molecule has 1 aliphatic carbocycles. The van der Waals surface area contributed by atoms with Crippen molar-refractivity contribution in [3.8, 4) is 0 Å². The highest BCUT2D eigenvalue weighted by Crippen LogP contribution is 2.37. The van der Waals surface area contributed by atoms with Gasteiger partial charge >= 0.3 is 0 Å². The third kappa shape index (κ3) is 3.27. The third-order valence-corrected chi connectivity index (χ3v) is 5.89. The second kappa shape index (κ2) is 6.27. The van der Waals surface area contributed by atoms with E-state index in [1.165, 1.54) is 6.42 Å². The summed E-state index contributed by atoms with van der Waals surface area (Å²) >= 11 is 9.52. The largest absolute Gasteiger partial charge is 0.342 e. The summed E-state index contributed by atoms with van der Waals surface area (Å²) in [4.78, 5) is 14.4. The Morgan fingerprint density at radius 3 is 2.95 bits per heavy atom. The van der Waals surface area contributed by atoms with Gasteiger partial charge in [-0.2, -0.15) is 0 Å². The van der Waals surface area contributed by atoms with Crippen molar-refractivity contribution in [2.24, 2.45) is 17.6 Å². The molecule has 2 N–H and O–H groups in total. The summed E-state index contributed by atoms with van der Waals surface area (Å²) in [6.45, 7) is 1.75. The van der Waals surface area contributed by atoms with E-state index in [2.05, 4.69) is 15.9 Å². The Labute approximate surface area is 139 Å². The van der Waals surface area contributed by atoms with Crippen LogP contribution >= 0.6 is 27.5 Å². The predicted molar refractivity (Wildman–Crippen MR) is 88.2 cm³/mol. The number of nitrogens with two attached hydrogens (primary N) is 1. The van der Waals surface area contributed by atoms with Crippen molar-refractivity contribution in [3.63, 3.8) is 0 Å². The van der Waals surface area contributed by atoms with Gasteiger partial charge in [0.15, 0.2) is 0 Å². The monoisotopic (exact) mass is 370 g/mol. The minimum Gasteiger partial charge on any atom is -0.342 e. The van der Waals surface area contributed by atoms with Crippen molar-refractivity contribution in [3.05, 3.63) is 33.3 Å². The topological polar surface area (TPSA) is 46.3 Å². The number of amides is 1. The summed E-state index contributed by atoms with van der Waals surface area (Å²) in [5.74, 6) is 1.39. The van der Waals surface area contributed by atoms with Gasteiger partial charge in [0.05, 0.1) is 0 Å². The van der Waals surface area contributed by atoms with Crippen LogP contribution in [0.4, 0.5) is 0 Å². The number of carbonyl (C=O) groups is 1. The number of aryl methyl sites for hydroxylation is 1. The summed E-state index contributed by atoms with van der Waals surface area (Å²) < 4.78 is 1.01. The molecule has 1 aliphatic heterocycles. The van der Waals surface area contributed by atoms with E-state index in [0.717, 1.165) is 36.0 Å². The first-order valence-corrected chi connectivity index (χ1v) is 8.69. The Morgan fingerprint density at radius 1 is 1.38 bits per heavy atom. The van der Waals surface area contributed by atoms with Gasteiger partial charge in [0.2, 0.25) is 5.91 Å². The van der Waals surface area contributed by atoms with Crippen molar-refractivity contribution in [2.45, 2.75) is 31.7 Å². The Bertz CT molecular complexity index is 551. The SMILES string of the molecule is NC1CCC2CN(C(=O)CCc3cc(Cl)ccc3Br)CC12. The van der Waals surface area contributed by atoms with Gasteiger partial charge in [-0.1, -0.05) is 27.5 Å². The van der Waals surface area contributed by atoms with E-state index in [9.17, 15) is 4.79 Å².